The van der Waals surface area contributed by atoms with E-state index in [1.807, 2.05) is 0 Å². The molecular formula is C8H6N4O3. The lowest BCUT2D eigenvalue weighted by atomic mass is 10.3. The summed E-state index contributed by atoms with van der Waals surface area (Å²) in [7, 11) is 0. The van der Waals surface area contributed by atoms with Gasteiger partial charge in [-0.25, -0.2) is 9.78 Å². The van der Waals surface area contributed by atoms with E-state index >= 15 is 0 Å². The first kappa shape index (κ1) is 10.7. The summed E-state index contributed by atoms with van der Waals surface area (Å²) in [6.07, 6.45) is -0.485. The predicted octanol–water partition coefficient (Wildman–Crippen LogP) is -0.928. The molecule has 0 saturated heterocycles. The average molecular weight is 206 g/mol. The minimum atomic E-state index is -1.63. The first-order chi connectivity index (χ1) is 7.10. The Morgan fingerprint density at radius 3 is 2.73 bits per heavy atom. The molecule has 76 valence electrons. The van der Waals surface area contributed by atoms with Crippen LogP contribution >= 0.6 is 0 Å². The van der Waals surface area contributed by atoms with Crippen LogP contribution in [0.3, 0.4) is 0 Å². The molecular weight excluding hydrogens is 200 g/mol. The van der Waals surface area contributed by atoms with Gasteiger partial charge >= 0.3 is 5.97 Å². The van der Waals surface area contributed by atoms with Gasteiger partial charge in [0.1, 0.15) is 12.1 Å². The molecule has 2 N–H and O–H groups in total. The monoisotopic (exact) mass is 206 g/mol. The zero-order chi connectivity index (χ0) is 11.4. The molecule has 1 unspecified atom stereocenters. The summed E-state index contributed by atoms with van der Waals surface area (Å²) >= 11 is 0. The van der Waals surface area contributed by atoms with E-state index in [1.165, 1.54) is 0 Å². The van der Waals surface area contributed by atoms with Crippen LogP contribution in [-0.2, 0) is 11.3 Å². The highest BCUT2D eigenvalue weighted by Crippen LogP contribution is 2.05. The Morgan fingerprint density at radius 2 is 2.27 bits per heavy atom. The molecule has 0 aromatic carbocycles. The number of imidazole rings is 1. The highest BCUT2D eigenvalue weighted by atomic mass is 16.4. The summed E-state index contributed by atoms with van der Waals surface area (Å²) in [5.41, 5.74) is -0.145. The fourth-order valence-corrected chi connectivity index (χ4v) is 0.984. The molecule has 7 heteroatoms. The van der Waals surface area contributed by atoms with Crippen molar-refractivity contribution in [3.63, 3.8) is 0 Å². The van der Waals surface area contributed by atoms with Gasteiger partial charge in [-0.2, -0.15) is 10.5 Å². The first-order valence-electron chi connectivity index (χ1n) is 3.86. The molecule has 1 aromatic rings. The lowest BCUT2D eigenvalue weighted by Crippen LogP contribution is -2.25. The normalized spacial score (nSPS) is 11.4. The maximum absolute atomic E-state index is 10.3. The second-order valence-corrected chi connectivity index (χ2v) is 2.67. The van der Waals surface area contributed by atoms with Crippen molar-refractivity contribution < 1.29 is 15.0 Å². The van der Waals surface area contributed by atoms with Gasteiger partial charge in [0.05, 0.1) is 12.9 Å². The van der Waals surface area contributed by atoms with E-state index in [9.17, 15) is 4.79 Å². The van der Waals surface area contributed by atoms with Gasteiger partial charge in [0.15, 0.2) is 17.5 Å². The molecule has 1 aromatic heterocycles. The maximum atomic E-state index is 10.3. The molecule has 0 aliphatic heterocycles. The molecule has 0 aliphatic rings. The quantitative estimate of drug-likeness (QED) is 0.658. The molecule has 7 nitrogen and oxygen atoms in total. The standard InChI is InChI=1S/C8H6N4O3/c9-1-5-6(2-10)12(4-11-5)3-7(13)8(14)15/h4,7,13H,3H2,(H,14,15). The second kappa shape index (κ2) is 4.22. The molecule has 15 heavy (non-hydrogen) atoms. The number of carbonyl (C=O) groups is 1. The predicted molar refractivity (Wildman–Crippen MR) is 45.3 cm³/mol. The Hall–Kier alpha value is -2.38. The number of aromatic nitrogens is 2. The number of rotatable bonds is 3. The van der Waals surface area contributed by atoms with Crippen LogP contribution in [0.15, 0.2) is 6.33 Å². The van der Waals surface area contributed by atoms with Gasteiger partial charge in [-0.1, -0.05) is 0 Å². The third-order valence-corrected chi connectivity index (χ3v) is 1.70. The van der Waals surface area contributed by atoms with Gasteiger partial charge in [0.25, 0.3) is 0 Å². The fraction of sp³-hybridized carbons (Fsp3) is 0.250. The number of nitriles is 2. The second-order valence-electron chi connectivity index (χ2n) is 2.67. The minimum Gasteiger partial charge on any atom is -0.479 e. The van der Waals surface area contributed by atoms with E-state index in [1.54, 1.807) is 12.1 Å². The summed E-state index contributed by atoms with van der Waals surface area (Å²) in [5.74, 6) is -1.40. The van der Waals surface area contributed by atoms with Crippen LogP contribution < -0.4 is 0 Å². The van der Waals surface area contributed by atoms with Gasteiger partial charge in [-0.3, -0.25) is 0 Å². The summed E-state index contributed by atoms with van der Waals surface area (Å²) in [6.45, 7) is -0.313. The Balaban J connectivity index is 2.98. The van der Waals surface area contributed by atoms with Crippen molar-refractivity contribution in [3.8, 4) is 12.1 Å². The first-order valence-corrected chi connectivity index (χ1v) is 3.86. The van der Waals surface area contributed by atoms with Gasteiger partial charge in [-0.05, 0) is 0 Å². The van der Waals surface area contributed by atoms with Crippen molar-refractivity contribution in [2.75, 3.05) is 0 Å². The zero-order valence-electron chi connectivity index (χ0n) is 7.45. The van der Waals surface area contributed by atoms with Crippen molar-refractivity contribution in [1.29, 1.82) is 10.5 Å². The molecule has 1 atom stereocenters. The number of aliphatic carboxylic acids is 1. The maximum Gasteiger partial charge on any atom is 0.334 e. The SMILES string of the molecule is N#Cc1ncn(CC(O)C(=O)O)c1C#N. The lowest BCUT2D eigenvalue weighted by Gasteiger charge is -2.06. The zero-order valence-corrected chi connectivity index (χ0v) is 7.45. The number of carboxylic acids is 1. The van der Waals surface area contributed by atoms with Gasteiger partial charge in [0, 0.05) is 0 Å². The summed E-state index contributed by atoms with van der Waals surface area (Å²) in [6, 6.07) is 3.40. The van der Waals surface area contributed by atoms with Crippen LogP contribution in [0.4, 0.5) is 0 Å². The molecule has 0 fully saturated rings. The van der Waals surface area contributed by atoms with E-state index in [2.05, 4.69) is 4.98 Å². The summed E-state index contributed by atoms with van der Waals surface area (Å²) < 4.78 is 1.12. The van der Waals surface area contributed by atoms with Crippen molar-refractivity contribution in [1.82, 2.24) is 9.55 Å². The number of hydrogen-bond acceptors (Lipinski definition) is 5. The van der Waals surface area contributed by atoms with Crippen LogP contribution in [0.25, 0.3) is 0 Å². The van der Waals surface area contributed by atoms with E-state index in [0.29, 0.717) is 0 Å². The molecule has 0 amide bonds. The van der Waals surface area contributed by atoms with E-state index < -0.39 is 12.1 Å². The Kier molecular flexibility index (Phi) is 3.01. The van der Waals surface area contributed by atoms with Crippen molar-refractivity contribution in [2.24, 2.45) is 0 Å². The highest BCUT2D eigenvalue weighted by Gasteiger charge is 2.17. The lowest BCUT2D eigenvalue weighted by molar-refractivity contribution is -0.147. The molecule has 1 heterocycles. The van der Waals surface area contributed by atoms with Crippen LogP contribution in [0, 0.1) is 22.7 Å². The number of aliphatic hydroxyl groups is 1. The molecule has 0 radical (unpaired) electrons. The largest absolute Gasteiger partial charge is 0.479 e. The van der Waals surface area contributed by atoms with Crippen LogP contribution in [0.2, 0.25) is 0 Å². The van der Waals surface area contributed by atoms with E-state index in [-0.39, 0.29) is 17.9 Å². The summed E-state index contributed by atoms with van der Waals surface area (Å²) in [4.78, 5) is 13.9. The fourth-order valence-electron chi connectivity index (χ4n) is 0.984. The molecule has 1 rings (SSSR count). The number of hydrogen-bond donors (Lipinski definition) is 2. The van der Waals surface area contributed by atoms with Gasteiger partial charge < -0.3 is 14.8 Å². The molecule has 0 saturated carbocycles. The smallest absolute Gasteiger partial charge is 0.334 e. The van der Waals surface area contributed by atoms with Crippen LogP contribution in [-0.4, -0.2) is 31.8 Å². The third-order valence-electron chi connectivity index (χ3n) is 1.70. The van der Waals surface area contributed by atoms with Crippen LogP contribution in [0.1, 0.15) is 11.4 Å². The Bertz CT molecular complexity index is 465. The average Bonchev–Trinajstić information content (AvgIpc) is 2.59. The summed E-state index contributed by atoms with van der Waals surface area (Å²) in [5, 5.41) is 34.7. The molecule has 0 spiro atoms. The Labute approximate surface area is 84.4 Å². The molecule has 0 bridgehead atoms. The highest BCUT2D eigenvalue weighted by molar-refractivity contribution is 5.71. The van der Waals surface area contributed by atoms with Crippen molar-refractivity contribution in [2.45, 2.75) is 12.6 Å². The third kappa shape index (κ3) is 2.10. The van der Waals surface area contributed by atoms with Crippen molar-refractivity contribution >= 4 is 5.97 Å². The topological polar surface area (TPSA) is 123 Å². The number of carboxylic acid groups (broad SMARTS) is 1. The minimum absolute atomic E-state index is 0.0576. The van der Waals surface area contributed by atoms with Gasteiger partial charge in [-0.15, -0.1) is 0 Å². The van der Waals surface area contributed by atoms with Crippen molar-refractivity contribution in [3.05, 3.63) is 17.7 Å². The number of nitrogens with zero attached hydrogens (tertiary/aromatic N) is 4. The van der Waals surface area contributed by atoms with E-state index in [4.69, 9.17) is 20.7 Å². The van der Waals surface area contributed by atoms with Crippen LogP contribution in [0.5, 0.6) is 0 Å². The van der Waals surface area contributed by atoms with E-state index in [0.717, 1.165) is 10.9 Å². The molecule has 0 aliphatic carbocycles. The van der Waals surface area contributed by atoms with Gasteiger partial charge in [0.2, 0.25) is 0 Å². The number of aliphatic hydroxyl groups excluding tert-OH is 1. The Morgan fingerprint density at radius 1 is 1.60 bits per heavy atom.